The van der Waals surface area contributed by atoms with Crippen LogP contribution in [0.2, 0.25) is 5.02 Å². The molecule has 0 atom stereocenters. The summed E-state index contributed by atoms with van der Waals surface area (Å²) in [5.41, 5.74) is 2.87. The molecule has 0 spiro atoms. The number of para-hydroxylation sites is 1. The first-order chi connectivity index (χ1) is 15.8. The highest BCUT2D eigenvalue weighted by molar-refractivity contribution is 9.11. The molecular weight excluding hydrogens is 572 g/mol. The van der Waals surface area contributed by atoms with Crippen LogP contribution in [-0.2, 0) is 11.4 Å². The number of nitriles is 1. The summed E-state index contributed by atoms with van der Waals surface area (Å²) in [5.74, 6) is 0.345. The molecule has 3 rings (SSSR count). The topological polar surface area (TPSA) is 71.3 Å². The van der Waals surface area contributed by atoms with Crippen molar-refractivity contribution in [2.24, 2.45) is 0 Å². The van der Waals surface area contributed by atoms with Gasteiger partial charge >= 0.3 is 0 Å². The summed E-state index contributed by atoms with van der Waals surface area (Å²) < 4.78 is 12.8. The number of methoxy groups -OCH3 is 1. The number of anilines is 1. The van der Waals surface area contributed by atoms with E-state index in [1.54, 1.807) is 30.3 Å². The molecule has 0 fully saturated rings. The summed E-state index contributed by atoms with van der Waals surface area (Å²) in [5, 5.41) is 13.1. The third-order valence-corrected chi connectivity index (χ3v) is 6.08. The Labute approximate surface area is 214 Å². The van der Waals surface area contributed by atoms with E-state index in [1.807, 2.05) is 37.3 Å². The Hall–Kier alpha value is -2.79. The maximum Gasteiger partial charge on any atom is 0.266 e. The molecule has 0 aromatic heterocycles. The van der Waals surface area contributed by atoms with Crippen LogP contribution in [0, 0.1) is 18.3 Å². The third-order valence-electron chi connectivity index (χ3n) is 4.59. The van der Waals surface area contributed by atoms with Crippen molar-refractivity contribution in [2.45, 2.75) is 13.5 Å². The second-order valence-corrected chi connectivity index (χ2v) is 9.17. The highest BCUT2D eigenvalue weighted by Gasteiger charge is 2.17. The van der Waals surface area contributed by atoms with Crippen LogP contribution in [0.15, 0.2) is 69.1 Å². The molecule has 168 valence electrons. The molecule has 8 heteroatoms. The van der Waals surface area contributed by atoms with Crippen LogP contribution in [0.1, 0.15) is 16.7 Å². The number of hydrogen-bond acceptors (Lipinski definition) is 4. The maximum absolute atomic E-state index is 12.9. The molecule has 1 N–H and O–H groups in total. The monoisotopic (exact) mass is 588 g/mol. The fourth-order valence-electron chi connectivity index (χ4n) is 3.05. The van der Waals surface area contributed by atoms with E-state index >= 15 is 0 Å². The molecule has 1 amide bonds. The number of carbonyl (C=O) groups excluding carboxylic acids is 1. The number of benzene rings is 3. The molecule has 0 unspecified atom stereocenters. The number of hydrogen-bond donors (Lipinski definition) is 1. The van der Waals surface area contributed by atoms with Crippen molar-refractivity contribution in [3.05, 3.63) is 90.8 Å². The number of rotatable bonds is 7. The van der Waals surface area contributed by atoms with Crippen LogP contribution in [0.25, 0.3) is 6.08 Å². The Morgan fingerprint density at radius 3 is 2.48 bits per heavy atom. The normalized spacial score (nSPS) is 11.0. The van der Waals surface area contributed by atoms with Crippen molar-refractivity contribution < 1.29 is 14.3 Å². The minimum absolute atomic E-state index is 0.0877. The van der Waals surface area contributed by atoms with E-state index in [0.717, 1.165) is 11.1 Å². The number of halogens is 3. The molecule has 5 nitrogen and oxygen atoms in total. The minimum Gasteiger partial charge on any atom is -0.493 e. The molecular formula is C25H19Br2ClN2O3. The predicted octanol–water partition coefficient (Wildman–Crippen LogP) is 7.31. The van der Waals surface area contributed by atoms with Crippen molar-refractivity contribution in [3.63, 3.8) is 0 Å². The summed E-state index contributed by atoms with van der Waals surface area (Å²) in [6.07, 6.45) is 1.47. The quantitative estimate of drug-likeness (QED) is 0.231. The molecule has 0 heterocycles. The van der Waals surface area contributed by atoms with E-state index < -0.39 is 5.91 Å². The van der Waals surface area contributed by atoms with Crippen molar-refractivity contribution in [2.75, 3.05) is 12.4 Å². The zero-order valence-corrected chi connectivity index (χ0v) is 21.7. The highest BCUT2D eigenvalue weighted by atomic mass is 79.9. The molecule has 0 saturated heterocycles. The molecule has 0 aliphatic carbocycles. The Balaban J connectivity index is 1.91. The second kappa shape index (κ2) is 11.4. The molecule has 0 saturated carbocycles. The largest absolute Gasteiger partial charge is 0.493 e. The highest BCUT2D eigenvalue weighted by Crippen LogP contribution is 2.35. The predicted molar refractivity (Wildman–Crippen MR) is 138 cm³/mol. The average molecular weight is 591 g/mol. The van der Waals surface area contributed by atoms with Crippen molar-refractivity contribution in [1.82, 2.24) is 0 Å². The van der Waals surface area contributed by atoms with Gasteiger partial charge in [-0.05, 0) is 86.3 Å². The average Bonchev–Trinajstić information content (AvgIpc) is 2.78. The van der Waals surface area contributed by atoms with E-state index in [1.165, 1.54) is 13.2 Å². The van der Waals surface area contributed by atoms with Crippen LogP contribution in [0.3, 0.4) is 0 Å². The Morgan fingerprint density at radius 1 is 1.15 bits per heavy atom. The van der Waals surface area contributed by atoms with Gasteiger partial charge in [0.25, 0.3) is 5.91 Å². The van der Waals surface area contributed by atoms with Crippen LogP contribution >= 0.6 is 43.5 Å². The SMILES string of the molecule is COc1cccc(/C=C(\C#N)C(=O)Nc2c(Br)cc(C)cc2Br)c1OCc1cccc(Cl)c1. The van der Waals surface area contributed by atoms with E-state index in [-0.39, 0.29) is 12.2 Å². The maximum atomic E-state index is 12.9. The molecule has 0 bridgehead atoms. The van der Waals surface area contributed by atoms with Crippen molar-refractivity contribution in [3.8, 4) is 17.6 Å². The van der Waals surface area contributed by atoms with Gasteiger partial charge in [0, 0.05) is 19.5 Å². The molecule has 0 aliphatic heterocycles. The van der Waals surface area contributed by atoms with Gasteiger partial charge in [-0.3, -0.25) is 4.79 Å². The molecule has 33 heavy (non-hydrogen) atoms. The summed E-state index contributed by atoms with van der Waals surface area (Å²) in [4.78, 5) is 12.9. The third kappa shape index (κ3) is 6.38. The summed E-state index contributed by atoms with van der Waals surface area (Å²) >= 11 is 13.0. The van der Waals surface area contributed by atoms with Gasteiger partial charge in [-0.2, -0.15) is 5.26 Å². The number of nitrogens with zero attached hydrogens (tertiary/aromatic N) is 1. The Kier molecular flexibility index (Phi) is 8.56. The first kappa shape index (κ1) is 24.8. The Bertz CT molecular complexity index is 1250. The van der Waals surface area contributed by atoms with Gasteiger partial charge in [0.05, 0.1) is 12.8 Å². The smallest absolute Gasteiger partial charge is 0.266 e. The minimum atomic E-state index is -0.550. The van der Waals surface area contributed by atoms with Gasteiger partial charge in [0.15, 0.2) is 11.5 Å². The lowest BCUT2D eigenvalue weighted by Crippen LogP contribution is -2.14. The van der Waals surface area contributed by atoms with Gasteiger partial charge in [-0.25, -0.2) is 0 Å². The number of nitrogens with one attached hydrogen (secondary N) is 1. The first-order valence-electron chi connectivity index (χ1n) is 9.75. The number of ether oxygens (including phenoxy) is 2. The second-order valence-electron chi connectivity index (χ2n) is 7.02. The lowest BCUT2D eigenvalue weighted by molar-refractivity contribution is -0.112. The first-order valence-corrected chi connectivity index (χ1v) is 11.7. The van der Waals surface area contributed by atoms with Gasteiger partial charge in [0.2, 0.25) is 0 Å². The molecule has 0 aliphatic rings. The zero-order valence-electron chi connectivity index (χ0n) is 17.8. The molecule has 3 aromatic rings. The van der Waals surface area contributed by atoms with E-state index in [2.05, 4.69) is 37.2 Å². The summed E-state index contributed by atoms with van der Waals surface area (Å²) in [7, 11) is 1.53. The van der Waals surface area contributed by atoms with E-state index in [4.69, 9.17) is 21.1 Å². The van der Waals surface area contributed by atoms with E-state index in [9.17, 15) is 10.1 Å². The standard InChI is InChI=1S/C25H19Br2ClN2O3/c1-15-9-20(26)23(21(27)10-15)30-25(31)18(13-29)12-17-6-4-8-22(32-2)24(17)33-14-16-5-3-7-19(28)11-16/h3-12H,14H2,1-2H3,(H,30,31)/b18-12+. The zero-order chi connectivity index (χ0) is 24.0. The number of aryl methyl sites for hydroxylation is 1. The fourth-order valence-corrected chi connectivity index (χ4v) is 4.87. The summed E-state index contributed by atoms with van der Waals surface area (Å²) in [6.45, 7) is 2.18. The van der Waals surface area contributed by atoms with Crippen molar-refractivity contribution in [1.29, 1.82) is 5.26 Å². The van der Waals surface area contributed by atoms with Crippen LogP contribution in [-0.4, -0.2) is 13.0 Å². The number of amides is 1. The summed E-state index contributed by atoms with van der Waals surface area (Å²) in [6, 6.07) is 18.3. The van der Waals surface area contributed by atoms with Crippen molar-refractivity contribution >= 4 is 61.1 Å². The van der Waals surface area contributed by atoms with Crippen LogP contribution in [0.5, 0.6) is 11.5 Å². The lowest BCUT2D eigenvalue weighted by Gasteiger charge is -2.14. The fraction of sp³-hybridized carbons (Fsp3) is 0.120. The van der Waals surface area contributed by atoms with Gasteiger partial charge in [-0.15, -0.1) is 0 Å². The lowest BCUT2D eigenvalue weighted by atomic mass is 10.1. The molecule has 3 aromatic carbocycles. The van der Waals surface area contributed by atoms with Gasteiger partial charge < -0.3 is 14.8 Å². The number of carbonyl (C=O) groups is 1. The van der Waals surface area contributed by atoms with Gasteiger partial charge in [0.1, 0.15) is 18.2 Å². The molecule has 0 radical (unpaired) electrons. The van der Waals surface area contributed by atoms with Gasteiger partial charge in [-0.1, -0.05) is 35.9 Å². The van der Waals surface area contributed by atoms with Crippen LogP contribution in [0.4, 0.5) is 5.69 Å². The van der Waals surface area contributed by atoms with Crippen LogP contribution < -0.4 is 14.8 Å². The van der Waals surface area contributed by atoms with E-state index in [0.29, 0.717) is 36.7 Å². The Morgan fingerprint density at radius 2 is 1.85 bits per heavy atom.